The maximum atomic E-state index is 3.77. The quantitative estimate of drug-likeness (QED) is 0.549. The van der Waals surface area contributed by atoms with Crippen LogP contribution < -0.4 is 5.32 Å². The van der Waals surface area contributed by atoms with Crippen LogP contribution in [0.3, 0.4) is 0 Å². The average molecular weight is 297 g/mol. The van der Waals surface area contributed by atoms with Crippen molar-refractivity contribution in [3.8, 4) is 0 Å². The van der Waals surface area contributed by atoms with E-state index in [1.807, 2.05) is 0 Å². The second-order valence-electron chi connectivity index (χ2n) is 7.32. The molecule has 0 radical (unpaired) electrons. The molecule has 2 heteroatoms. The van der Waals surface area contributed by atoms with Crippen molar-refractivity contribution in [3.05, 3.63) is 0 Å². The maximum absolute atomic E-state index is 3.77. The van der Waals surface area contributed by atoms with E-state index in [-0.39, 0.29) is 0 Å². The Morgan fingerprint density at radius 3 is 2.24 bits per heavy atom. The van der Waals surface area contributed by atoms with E-state index in [0.717, 1.165) is 12.0 Å². The van der Waals surface area contributed by atoms with E-state index in [0.29, 0.717) is 6.04 Å². The Balaban J connectivity index is 2.23. The monoisotopic (exact) mass is 296 g/mol. The first-order valence-corrected chi connectivity index (χ1v) is 9.66. The van der Waals surface area contributed by atoms with E-state index >= 15 is 0 Å². The Labute approximate surface area is 134 Å². The Morgan fingerprint density at radius 1 is 0.952 bits per heavy atom. The van der Waals surface area contributed by atoms with Gasteiger partial charge in [0.05, 0.1) is 0 Å². The molecule has 1 rings (SSSR count). The van der Waals surface area contributed by atoms with Gasteiger partial charge in [0, 0.05) is 25.2 Å². The second kappa shape index (κ2) is 11.5. The van der Waals surface area contributed by atoms with E-state index in [9.17, 15) is 0 Å². The second-order valence-corrected chi connectivity index (χ2v) is 7.32. The lowest BCUT2D eigenvalue weighted by Gasteiger charge is -2.42. The molecule has 0 aromatic carbocycles. The molecule has 2 unspecified atom stereocenters. The maximum Gasteiger partial charge on any atom is 0.0221 e. The molecule has 1 aliphatic heterocycles. The molecule has 1 aliphatic rings. The summed E-state index contributed by atoms with van der Waals surface area (Å²) in [4.78, 5) is 2.79. The van der Waals surface area contributed by atoms with Crippen LogP contribution in [0, 0.1) is 5.92 Å². The molecule has 1 N–H and O–H groups in total. The van der Waals surface area contributed by atoms with Crippen molar-refractivity contribution in [1.82, 2.24) is 10.2 Å². The molecule has 1 saturated heterocycles. The van der Waals surface area contributed by atoms with Gasteiger partial charge in [-0.3, -0.25) is 4.90 Å². The third-order valence-electron chi connectivity index (χ3n) is 5.04. The zero-order valence-corrected chi connectivity index (χ0v) is 15.2. The number of hydrogen-bond acceptors (Lipinski definition) is 2. The van der Waals surface area contributed by atoms with E-state index in [4.69, 9.17) is 0 Å². The van der Waals surface area contributed by atoms with Crippen molar-refractivity contribution >= 4 is 0 Å². The van der Waals surface area contributed by atoms with Crippen molar-refractivity contribution in [3.63, 3.8) is 0 Å². The molecular weight excluding hydrogens is 256 g/mol. The SMILES string of the molecule is CCCCCCCCCN1CC(C(C)C)NCC1CCC. The van der Waals surface area contributed by atoms with Crippen LogP contribution in [0.15, 0.2) is 0 Å². The Bertz CT molecular complexity index is 240. The van der Waals surface area contributed by atoms with Crippen LogP contribution in [-0.2, 0) is 0 Å². The Morgan fingerprint density at radius 2 is 1.62 bits per heavy atom. The van der Waals surface area contributed by atoms with Crippen LogP contribution in [0.25, 0.3) is 0 Å². The van der Waals surface area contributed by atoms with Gasteiger partial charge in [-0.05, 0) is 25.3 Å². The molecule has 0 saturated carbocycles. The average Bonchev–Trinajstić information content (AvgIpc) is 2.47. The minimum atomic E-state index is 0.697. The fourth-order valence-corrected chi connectivity index (χ4v) is 3.49. The summed E-state index contributed by atoms with van der Waals surface area (Å²) in [6, 6.07) is 1.48. The highest BCUT2D eigenvalue weighted by Gasteiger charge is 2.28. The predicted octanol–water partition coefficient (Wildman–Crippen LogP) is 4.84. The van der Waals surface area contributed by atoms with E-state index in [1.165, 1.54) is 77.4 Å². The minimum absolute atomic E-state index is 0.697. The Hall–Kier alpha value is -0.0800. The molecule has 0 aromatic heterocycles. The third kappa shape index (κ3) is 7.65. The number of piperazine rings is 1. The number of nitrogens with zero attached hydrogens (tertiary/aromatic N) is 1. The van der Waals surface area contributed by atoms with Crippen molar-refractivity contribution in [2.45, 2.75) is 97.6 Å². The van der Waals surface area contributed by atoms with Gasteiger partial charge in [0.1, 0.15) is 0 Å². The zero-order chi connectivity index (χ0) is 15.5. The minimum Gasteiger partial charge on any atom is -0.311 e. The molecule has 126 valence electrons. The van der Waals surface area contributed by atoms with Gasteiger partial charge in [-0.1, -0.05) is 72.6 Å². The first-order chi connectivity index (χ1) is 10.2. The summed E-state index contributed by atoms with van der Waals surface area (Å²) >= 11 is 0. The smallest absolute Gasteiger partial charge is 0.0221 e. The zero-order valence-electron chi connectivity index (χ0n) is 15.2. The number of nitrogens with one attached hydrogen (secondary N) is 1. The van der Waals surface area contributed by atoms with Crippen LogP contribution in [0.4, 0.5) is 0 Å². The van der Waals surface area contributed by atoms with Gasteiger partial charge in [-0.2, -0.15) is 0 Å². The fraction of sp³-hybridized carbons (Fsp3) is 1.00. The van der Waals surface area contributed by atoms with Gasteiger partial charge in [0.15, 0.2) is 0 Å². The highest BCUT2D eigenvalue weighted by molar-refractivity contribution is 4.87. The van der Waals surface area contributed by atoms with E-state index in [1.54, 1.807) is 0 Å². The van der Waals surface area contributed by atoms with Gasteiger partial charge in [0.25, 0.3) is 0 Å². The predicted molar refractivity (Wildman–Crippen MR) is 94.9 cm³/mol. The summed E-state index contributed by atoms with van der Waals surface area (Å²) in [5.74, 6) is 0.754. The highest BCUT2D eigenvalue weighted by atomic mass is 15.2. The van der Waals surface area contributed by atoms with Gasteiger partial charge in [0.2, 0.25) is 0 Å². The van der Waals surface area contributed by atoms with Gasteiger partial charge in [-0.15, -0.1) is 0 Å². The lowest BCUT2D eigenvalue weighted by Crippen LogP contribution is -2.58. The molecule has 0 amide bonds. The van der Waals surface area contributed by atoms with E-state index in [2.05, 4.69) is 37.9 Å². The van der Waals surface area contributed by atoms with Crippen molar-refractivity contribution in [2.24, 2.45) is 5.92 Å². The summed E-state index contributed by atoms with van der Waals surface area (Å²) < 4.78 is 0. The summed E-state index contributed by atoms with van der Waals surface area (Å²) in [6.07, 6.45) is 12.6. The molecule has 0 bridgehead atoms. The van der Waals surface area contributed by atoms with Gasteiger partial charge >= 0.3 is 0 Å². The molecule has 21 heavy (non-hydrogen) atoms. The summed E-state index contributed by atoms with van der Waals surface area (Å²) in [5.41, 5.74) is 0. The van der Waals surface area contributed by atoms with Gasteiger partial charge < -0.3 is 5.32 Å². The van der Waals surface area contributed by atoms with Crippen LogP contribution >= 0.6 is 0 Å². The van der Waals surface area contributed by atoms with Crippen molar-refractivity contribution in [1.29, 1.82) is 0 Å². The lowest BCUT2D eigenvalue weighted by atomic mass is 9.97. The highest BCUT2D eigenvalue weighted by Crippen LogP contribution is 2.17. The molecule has 1 heterocycles. The topological polar surface area (TPSA) is 15.3 Å². The van der Waals surface area contributed by atoms with Crippen LogP contribution in [-0.4, -0.2) is 36.6 Å². The van der Waals surface area contributed by atoms with Crippen molar-refractivity contribution in [2.75, 3.05) is 19.6 Å². The standard InChI is InChI=1S/C19H40N2/c1-5-7-8-9-10-11-12-14-21-16-19(17(3)4)20-15-18(21)13-6-2/h17-20H,5-16H2,1-4H3. The fourth-order valence-electron chi connectivity index (χ4n) is 3.49. The number of unbranched alkanes of at least 4 members (excludes halogenated alkanes) is 6. The normalized spacial score (nSPS) is 23.9. The molecule has 0 aromatic rings. The number of hydrogen-bond donors (Lipinski definition) is 1. The van der Waals surface area contributed by atoms with Crippen LogP contribution in [0.5, 0.6) is 0 Å². The largest absolute Gasteiger partial charge is 0.311 e. The summed E-state index contributed by atoms with van der Waals surface area (Å²) in [7, 11) is 0. The van der Waals surface area contributed by atoms with Crippen LogP contribution in [0.2, 0.25) is 0 Å². The van der Waals surface area contributed by atoms with Crippen LogP contribution in [0.1, 0.15) is 85.5 Å². The van der Waals surface area contributed by atoms with Crippen molar-refractivity contribution < 1.29 is 0 Å². The molecule has 0 aliphatic carbocycles. The molecule has 2 nitrogen and oxygen atoms in total. The first kappa shape index (κ1) is 19.0. The third-order valence-corrected chi connectivity index (χ3v) is 5.04. The van der Waals surface area contributed by atoms with E-state index < -0.39 is 0 Å². The molecule has 0 spiro atoms. The summed E-state index contributed by atoms with van der Waals surface area (Å²) in [5, 5.41) is 3.77. The summed E-state index contributed by atoms with van der Waals surface area (Å²) in [6.45, 7) is 13.1. The number of rotatable bonds is 11. The molecule has 2 atom stereocenters. The van der Waals surface area contributed by atoms with Gasteiger partial charge in [-0.25, -0.2) is 0 Å². The molecular formula is C19H40N2. The lowest BCUT2D eigenvalue weighted by molar-refractivity contribution is 0.105. The first-order valence-electron chi connectivity index (χ1n) is 9.66. The molecule has 1 fully saturated rings. The Kier molecular flexibility index (Phi) is 10.4.